The van der Waals surface area contributed by atoms with E-state index in [1.807, 2.05) is 16.5 Å². The molecule has 0 unspecified atom stereocenters. The van der Waals surface area contributed by atoms with E-state index >= 15 is 0 Å². The Morgan fingerprint density at radius 1 is 1.18 bits per heavy atom. The maximum Gasteiger partial charge on any atom is 0.224 e. The van der Waals surface area contributed by atoms with Gasteiger partial charge in [-0.2, -0.15) is 0 Å². The van der Waals surface area contributed by atoms with Gasteiger partial charge in [0.1, 0.15) is 0 Å². The van der Waals surface area contributed by atoms with Crippen molar-refractivity contribution in [2.24, 2.45) is 7.05 Å². The molecular formula is C15H24BrN5O. The van der Waals surface area contributed by atoms with E-state index in [2.05, 4.69) is 37.8 Å². The highest BCUT2D eigenvalue weighted by Crippen LogP contribution is 2.22. The van der Waals surface area contributed by atoms with Crippen molar-refractivity contribution < 1.29 is 4.79 Å². The molecule has 0 aromatic carbocycles. The zero-order valence-corrected chi connectivity index (χ0v) is 15.0. The van der Waals surface area contributed by atoms with Gasteiger partial charge in [0.25, 0.3) is 0 Å². The fourth-order valence-electron chi connectivity index (χ4n) is 3.15. The van der Waals surface area contributed by atoms with Gasteiger partial charge in [-0.15, -0.1) is 0 Å². The lowest BCUT2D eigenvalue weighted by atomic mass is 10.1. The first-order chi connectivity index (χ1) is 10.5. The lowest BCUT2D eigenvalue weighted by Gasteiger charge is -2.33. The van der Waals surface area contributed by atoms with Gasteiger partial charge < -0.3 is 19.3 Å². The summed E-state index contributed by atoms with van der Waals surface area (Å²) < 4.78 is 2.89. The second-order valence-electron chi connectivity index (χ2n) is 6.29. The summed E-state index contributed by atoms with van der Waals surface area (Å²) in [6.07, 6.45) is 1.48. The maximum absolute atomic E-state index is 12.5. The van der Waals surface area contributed by atoms with Crippen LogP contribution in [0.1, 0.15) is 17.8 Å². The predicted molar refractivity (Wildman–Crippen MR) is 88.6 cm³/mol. The Morgan fingerprint density at radius 2 is 1.91 bits per heavy atom. The van der Waals surface area contributed by atoms with Crippen LogP contribution in [0.3, 0.4) is 0 Å². The minimum Gasteiger partial charge on any atom is -0.336 e. The summed E-state index contributed by atoms with van der Waals surface area (Å²) in [5.41, 5.74) is 2.28. The average molecular weight is 370 g/mol. The number of carbonyl (C=O) groups excluding carboxylic acids is 1. The van der Waals surface area contributed by atoms with Gasteiger partial charge >= 0.3 is 0 Å². The van der Waals surface area contributed by atoms with Gasteiger partial charge in [0.05, 0.1) is 17.9 Å². The summed E-state index contributed by atoms with van der Waals surface area (Å²) in [7, 11) is 4.15. The highest BCUT2D eigenvalue weighted by Gasteiger charge is 2.25. The Balaban J connectivity index is 1.52. The van der Waals surface area contributed by atoms with E-state index in [1.165, 1.54) is 0 Å². The number of imidazole rings is 1. The normalized spacial score (nSPS) is 20.2. The molecule has 1 amide bonds. The molecule has 122 valence electrons. The topological polar surface area (TPSA) is 44.6 Å². The largest absolute Gasteiger partial charge is 0.336 e. The van der Waals surface area contributed by atoms with Gasteiger partial charge in [0.2, 0.25) is 5.91 Å². The van der Waals surface area contributed by atoms with Crippen molar-refractivity contribution in [3.05, 3.63) is 16.1 Å². The highest BCUT2D eigenvalue weighted by molar-refractivity contribution is 9.10. The van der Waals surface area contributed by atoms with Crippen LogP contribution >= 0.6 is 15.9 Å². The van der Waals surface area contributed by atoms with E-state index in [1.54, 1.807) is 0 Å². The molecule has 1 saturated heterocycles. The van der Waals surface area contributed by atoms with E-state index < -0.39 is 0 Å². The Labute approximate surface area is 140 Å². The first kappa shape index (κ1) is 16.0. The molecular weight excluding hydrogens is 346 g/mol. The summed E-state index contributed by atoms with van der Waals surface area (Å²) >= 11 is 3.46. The van der Waals surface area contributed by atoms with Crippen LogP contribution in [0.5, 0.6) is 0 Å². The van der Waals surface area contributed by atoms with Gasteiger partial charge in [-0.25, -0.2) is 4.98 Å². The van der Waals surface area contributed by atoms with Crippen LogP contribution in [0.2, 0.25) is 0 Å². The monoisotopic (exact) mass is 369 g/mol. The van der Waals surface area contributed by atoms with Crippen LogP contribution in [0.4, 0.5) is 0 Å². The standard InChI is InChI=1S/C15H24BrN5O/c1-18-7-9-20(10-8-18)5-4-14(22)21-6-3-12-13(11-21)19(2)15(16)17-12/h3-11H2,1-2H3. The summed E-state index contributed by atoms with van der Waals surface area (Å²) in [4.78, 5) is 23.7. The second-order valence-corrected chi connectivity index (χ2v) is 7.00. The molecule has 1 aromatic heterocycles. The predicted octanol–water partition coefficient (Wildman–Crippen LogP) is 0.705. The van der Waals surface area contributed by atoms with Crippen molar-refractivity contribution in [3.8, 4) is 0 Å². The molecule has 1 aromatic rings. The number of fused-ring (bicyclic) bond motifs is 1. The first-order valence-electron chi connectivity index (χ1n) is 7.93. The summed E-state index contributed by atoms with van der Waals surface area (Å²) in [6, 6.07) is 0. The lowest BCUT2D eigenvalue weighted by Crippen LogP contribution is -2.46. The lowest BCUT2D eigenvalue weighted by molar-refractivity contribution is -0.132. The van der Waals surface area contributed by atoms with Gasteiger partial charge in [-0.05, 0) is 23.0 Å². The molecule has 2 aliphatic rings. The van der Waals surface area contributed by atoms with E-state index in [9.17, 15) is 4.79 Å². The Bertz CT molecular complexity index is 550. The fourth-order valence-corrected chi connectivity index (χ4v) is 3.58. The number of nitrogens with zero attached hydrogens (tertiary/aromatic N) is 5. The maximum atomic E-state index is 12.5. The molecule has 0 spiro atoms. The smallest absolute Gasteiger partial charge is 0.224 e. The first-order valence-corrected chi connectivity index (χ1v) is 8.72. The van der Waals surface area contributed by atoms with E-state index in [-0.39, 0.29) is 5.91 Å². The van der Waals surface area contributed by atoms with Gasteiger partial charge in [0, 0.05) is 59.2 Å². The van der Waals surface area contributed by atoms with E-state index in [0.717, 1.165) is 61.8 Å². The van der Waals surface area contributed by atoms with Crippen LogP contribution in [-0.2, 0) is 24.8 Å². The van der Waals surface area contributed by atoms with E-state index in [4.69, 9.17) is 0 Å². The van der Waals surface area contributed by atoms with Crippen molar-refractivity contribution in [2.45, 2.75) is 19.4 Å². The summed E-state index contributed by atoms with van der Waals surface area (Å²) in [6.45, 7) is 6.70. The summed E-state index contributed by atoms with van der Waals surface area (Å²) in [5, 5.41) is 0. The number of likely N-dealkylation sites (N-methyl/N-ethyl adjacent to an activating group) is 1. The number of rotatable bonds is 3. The molecule has 0 radical (unpaired) electrons. The van der Waals surface area contributed by atoms with Crippen LogP contribution in [-0.4, -0.2) is 76.5 Å². The molecule has 0 saturated carbocycles. The molecule has 0 N–H and O–H groups in total. The summed E-state index contributed by atoms with van der Waals surface area (Å²) in [5.74, 6) is 0.266. The number of halogens is 1. The average Bonchev–Trinajstić information content (AvgIpc) is 2.81. The fraction of sp³-hybridized carbons (Fsp3) is 0.733. The molecule has 0 atom stereocenters. The molecule has 3 rings (SSSR count). The Kier molecular flexibility index (Phi) is 4.84. The van der Waals surface area contributed by atoms with Crippen molar-refractivity contribution in [2.75, 3.05) is 46.3 Å². The minimum absolute atomic E-state index is 0.266. The number of carbonyl (C=O) groups is 1. The zero-order valence-electron chi connectivity index (χ0n) is 13.4. The number of aromatic nitrogens is 2. The number of amides is 1. The van der Waals surface area contributed by atoms with E-state index in [0.29, 0.717) is 13.0 Å². The van der Waals surface area contributed by atoms with Crippen molar-refractivity contribution >= 4 is 21.8 Å². The van der Waals surface area contributed by atoms with Crippen molar-refractivity contribution in [1.29, 1.82) is 0 Å². The third kappa shape index (κ3) is 3.36. The molecule has 3 heterocycles. The van der Waals surface area contributed by atoms with Crippen LogP contribution in [0, 0.1) is 0 Å². The molecule has 0 aliphatic carbocycles. The SMILES string of the molecule is CN1CCN(CCC(=O)N2CCc3nc(Br)n(C)c3C2)CC1. The molecule has 7 heteroatoms. The number of piperazine rings is 1. The van der Waals surface area contributed by atoms with Gasteiger partial charge in [0.15, 0.2) is 4.73 Å². The van der Waals surface area contributed by atoms with Gasteiger partial charge in [-0.3, -0.25) is 4.79 Å². The van der Waals surface area contributed by atoms with Crippen LogP contribution in [0.15, 0.2) is 4.73 Å². The number of hydrogen-bond acceptors (Lipinski definition) is 4. The minimum atomic E-state index is 0.266. The number of hydrogen-bond donors (Lipinski definition) is 0. The third-order valence-electron chi connectivity index (χ3n) is 4.79. The zero-order chi connectivity index (χ0) is 15.7. The van der Waals surface area contributed by atoms with Crippen LogP contribution in [0.25, 0.3) is 0 Å². The molecule has 2 aliphatic heterocycles. The molecule has 22 heavy (non-hydrogen) atoms. The van der Waals surface area contributed by atoms with Crippen molar-refractivity contribution in [3.63, 3.8) is 0 Å². The molecule has 0 bridgehead atoms. The molecule has 6 nitrogen and oxygen atoms in total. The Hall–Kier alpha value is -0.920. The Morgan fingerprint density at radius 3 is 2.64 bits per heavy atom. The van der Waals surface area contributed by atoms with Crippen LogP contribution < -0.4 is 0 Å². The molecule has 1 fully saturated rings. The quantitative estimate of drug-likeness (QED) is 0.786. The second kappa shape index (κ2) is 6.68. The van der Waals surface area contributed by atoms with Crippen molar-refractivity contribution in [1.82, 2.24) is 24.3 Å². The highest BCUT2D eigenvalue weighted by atomic mass is 79.9. The third-order valence-corrected chi connectivity index (χ3v) is 5.50. The van der Waals surface area contributed by atoms with Gasteiger partial charge in [-0.1, -0.05) is 0 Å².